The monoisotopic (exact) mass is 387 g/mol. The molecule has 2 rings (SSSR count). The van der Waals surface area contributed by atoms with Crippen LogP contribution in [0.1, 0.15) is 24.3 Å². The van der Waals surface area contributed by atoms with E-state index in [9.17, 15) is 14.4 Å². The lowest BCUT2D eigenvalue weighted by molar-refractivity contribution is -0.123. The Kier molecular flexibility index (Phi) is 7.77. The lowest BCUT2D eigenvalue weighted by Gasteiger charge is -2.13. The minimum atomic E-state index is -0.780. The van der Waals surface area contributed by atoms with Crippen molar-refractivity contribution >= 4 is 23.6 Å². The van der Waals surface area contributed by atoms with Gasteiger partial charge in [-0.2, -0.15) is 0 Å². The molecule has 0 atom stereocenters. The van der Waals surface area contributed by atoms with Gasteiger partial charge in [-0.25, -0.2) is 14.6 Å². The molecule has 2 N–H and O–H groups in total. The Morgan fingerprint density at radius 1 is 1.00 bits per heavy atom. The Hall–Kier alpha value is -3.62. The molecule has 3 amide bonds. The van der Waals surface area contributed by atoms with Crippen LogP contribution in [-0.2, 0) is 9.53 Å². The van der Waals surface area contributed by atoms with E-state index in [0.29, 0.717) is 30.4 Å². The van der Waals surface area contributed by atoms with Crippen LogP contribution in [0.4, 0.5) is 10.5 Å². The normalized spacial score (nSPS) is 9.93. The van der Waals surface area contributed by atoms with Crippen LogP contribution in [-0.4, -0.2) is 42.7 Å². The molecule has 0 fully saturated rings. The third-order valence-electron chi connectivity index (χ3n) is 3.26. The van der Waals surface area contributed by atoms with E-state index in [4.69, 9.17) is 14.2 Å². The van der Waals surface area contributed by atoms with Crippen LogP contribution in [0, 0.1) is 0 Å². The Morgan fingerprint density at radius 2 is 1.75 bits per heavy atom. The van der Waals surface area contributed by atoms with Gasteiger partial charge in [0.2, 0.25) is 0 Å². The number of rotatable bonds is 8. The molecule has 1 aromatic carbocycles. The number of anilines is 1. The quantitative estimate of drug-likeness (QED) is 0.668. The van der Waals surface area contributed by atoms with Gasteiger partial charge in [0.25, 0.3) is 5.91 Å². The van der Waals surface area contributed by atoms with Crippen molar-refractivity contribution in [3.63, 3.8) is 0 Å². The van der Waals surface area contributed by atoms with Crippen LogP contribution in [0.5, 0.6) is 11.5 Å². The van der Waals surface area contributed by atoms with Gasteiger partial charge in [-0.05, 0) is 38.1 Å². The maximum absolute atomic E-state index is 11.9. The molecular weight excluding hydrogens is 366 g/mol. The molecule has 9 heteroatoms. The summed E-state index contributed by atoms with van der Waals surface area (Å²) in [6.07, 6.45) is 1.43. The van der Waals surface area contributed by atoms with Gasteiger partial charge < -0.3 is 19.5 Å². The van der Waals surface area contributed by atoms with E-state index in [1.807, 2.05) is 13.8 Å². The number of hydrogen-bond acceptors (Lipinski definition) is 7. The van der Waals surface area contributed by atoms with E-state index >= 15 is 0 Å². The third-order valence-corrected chi connectivity index (χ3v) is 3.26. The number of pyridine rings is 1. The molecule has 0 radical (unpaired) electrons. The number of ether oxygens (including phenoxy) is 3. The van der Waals surface area contributed by atoms with Crippen molar-refractivity contribution in [1.82, 2.24) is 10.3 Å². The molecule has 9 nitrogen and oxygen atoms in total. The highest BCUT2D eigenvalue weighted by Gasteiger charge is 2.14. The summed E-state index contributed by atoms with van der Waals surface area (Å²) < 4.78 is 15.7. The number of nitrogens with zero attached hydrogens (tertiary/aromatic N) is 1. The Bertz CT molecular complexity index is 826. The summed E-state index contributed by atoms with van der Waals surface area (Å²) in [7, 11) is 0. The maximum Gasteiger partial charge on any atom is 0.357 e. The van der Waals surface area contributed by atoms with Crippen molar-refractivity contribution in [2.75, 3.05) is 25.1 Å². The SMILES string of the molecule is CCOc1ccc(NC(=O)NC(=O)COC(=O)c2ccccn2)cc1OCC. The average Bonchev–Trinajstić information content (AvgIpc) is 2.69. The van der Waals surface area contributed by atoms with Gasteiger partial charge in [-0.15, -0.1) is 0 Å². The van der Waals surface area contributed by atoms with Crippen molar-refractivity contribution in [1.29, 1.82) is 0 Å². The van der Waals surface area contributed by atoms with Gasteiger partial charge in [-0.3, -0.25) is 10.1 Å². The van der Waals surface area contributed by atoms with Gasteiger partial charge >= 0.3 is 12.0 Å². The van der Waals surface area contributed by atoms with Crippen LogP contribution < -0.4 is 20.1 Å². The topological polar surface area (TPSA) is 116 Å². The number of benzene rings is 1. The van der Waals surface area contributed by atoms with Crippen molar-refractivity contribution < 1.29 is 28.6 Å². The second-order valence-electron chi connectivity index (χ2n) is 5.32. The number of carbonyl (C=O) groups excluding carboxylic acids is 3. The van der Waals surface area contributed by atoms with Crippen LogP contribution in [0.3, 0.4) is 0 Å². The summed E-state index contributed by atoms with van der Waals surface area (Å²) in [5.74, 6) is -0.521. The van der Waals surface area contributed by atoms with E-state index in [1.54, 1.807) is 30.3 Å². The number of imide groups is 1. The molecule has 148 valence electrons. The Labute approximate surface area is 162 Å². The Morgan fingerprint density at radius 3 is 2.43 bits per heavy atom. The van der Waals surface area contributed by atoms with Gasteiger partial charge in [0.1, 0.15) is 5.69 Å². The molecule has 0 aliphatic carbocycles. The van der Waals surface area contributed by atoms with Gasteiger partial charge in [0, 0.05) is 18.0 Å². The number of amides is 3. The highest BCUT2D eigenvalue weighted by atomic mass is 16.5. The van der Waals surface area contributed by atoms with E-state index in [1.165, 1.54) is 12.3 Å². The first kappa shape index (κ1) is 20.7. The zero-order chi connectivity index (χ0) is 20.4. The first-order valence-electron chi connectivity index (χ1n) is 8.62. The van der Waals surface area contributed by atoms with E-state index in [-0.39, 0.29) is 5.69 Å². The number of hydrogen-bond donors (Lipinski definition) is 2. The lowest BCUT2D eigenvalue weighted by Crippen LogP contribution is -2.37. The molecule has 0 saturated heterocycles. The molecule has 0 aliphatic heterocycles. The molecule has 28 heavy (non-hydrogen) atoms. The number of esters is 1. The zero-order valence-corrected chi connectivity index (χ0v) is 15.6. The molecule has 0 unspecified atom stereocenters. The molecule has 0 bridgehead atoms. The number of carbonyl (C=O) groups is 3. The smallest absolute Gasteiger partial charge is 0.357 e. The molecule has 1 aromatic heterocycles. The number of urea groups is 1. The molecular formula is C19H21N3O6. The summed E-state index contributed by atoms with van der Waals surface area (Å²) in [5.41, 5.74) is 0.472. The summed E-state index contributed by atoms with van der Waals surface area (Å²) in [6.45, 7) is 3.96. The first-order valence-corrected chi connectivity index (χ1v) is 8.62. The first-order chi connectivity index (χ1) is 13.5. The summed E-state index contributed by atoms with van der Waals surface area (Å²) >= 11 is 0. The summed E-state index contributed by atoms with van der Waals surface area (Å²) in [6, 6.07) is 8.79. The maximum atomic E-state index is 11.9. The van der Waals surface area contributed by atoms with E-state index in [0.717, 1.165) is 0 Å². The van der Waals surface area contributed by atoms with E-state index < -0.39 is 24.5 Å². The van der Waals surface area contributed by atoms with Crippen LogP contribution in [0.25, 0.3) is 0 Å². The molecule has 0 aliphatic rings. The average molecular weight is 387 g/mol. The second kappa shape index (κ2) is 10.5. The van der Waals surface area contributed by atoms with Crippen molar-refractivity contribution in [3.05, 3.63) is 48.3 Å². The standard InChI is InChI=1S/C19H21N3O6/c1-3-26-15-9-8-13(11-16(15)27-4-2)21-19(25)22-17(23)12-28-18(24)14-7-5-6-10-20-14/h5-11H,3-4,12H2,1-2H3,(H2,21,22,23,25). The largest absolute Gasteiger partial charge is 0.490 e. The van der Waals surface area contributed by atoms with Crippen molar-refractivity contribution in [2.45, 2.75) is 13.8 Å². The molecule has 0 spiro atoms. The van der Waals surface area contributed by atoms with Crippen LogP contribution in [0.2, 0.25) is 0 Å². The van der Waals surface area contributed by atoms with E-state index in [2.05, 4.69) is 15.6 Å². The van der Waals surface area contributed by atoms with Crippen molar-refractivity contribution in [2.24, 2.45) is 0 Å². The highest BCUT2D eigenvalue weighted by Crippen LogP contribution is 2.30. The zero-order valence-electron chi connectivity index (χ0n) is 15.6. The van der Waals surface area contributed by atoms with Gasteiger partial charge in [0.15, 0.2) is 18.1 Å². The second-order valence-corrected chi connectivity index (χ2v) is 5.32. The fourth-order valence-electron chi connectivity index (χ4n) is 2.14. The summed E-state index contributed by atoms with van der Waals surface area (Å²) in [4.78, 5) is 39.3. The van der Waals surface area contributed by atoms with Crippen molar-refractivity contribution in [3.8, 4) is 11.5 Å². The molecule has 2 aromatic rings. The van der Waals surface area contributed by atoms with Gasteiger partial charge in [0.05, 0.1) is 13.2 Å². The summed E-state index contributed by atoms with van der Waals surface area (Å²) in [5, 5.41) is 4.57. The minimum absolute atomic E-state index is 0.0672. The number of aromatic nitrogens is 1. The van der Waals surface area contributed by atoms with Crippen LogP contribution in [0.15, 0.2) is 42.6 Å². The molecule has 1 heterocycles. The molecule has 0 saturated carbocycles. The van der Waals surface area contributed by atoms with Gasteiger partial charge in [-0.1, -0.05) is 6.07 Å². The number of nitrogens with one attached hydrogen (secondary N) is 2. The predicted molar refractivity (Wildman–Crippen MR) is 100 cm³/mol. The fourth-order valence-corrected chi connectivity index (χ4v) is 2.14. The minimum Gasteiger partial charge on any atom is -0.490 e. The lowest BCUT2D eigenvalue weighted by atomic mass is 10.2. The predicted octanol–water partition coefficient (Wildman–Crippen LogP) is 2.38. The Balaban J connectivity index is 1.86. The third kappa shape index (κ3) is 6.27. The van der Waals surface area contributed by atoms with Crippen LogP contribution >= 0.6 is 0 Å². The fraction of sp³-hybridized carbons (Fsp3) is 0.263. The highest BCUT2D eigenvalue weighted by molar-refractivity contribution is 6.02.